The van der Waals surface area contributed by atoms with E-state index in [2.05, 4.69) is 31.3 Å². The molecule has 1 saturated carbocycles. The van der Waals surface area contributed by atoms with Crippen molar-refractivity contribution < 1.29 is 9.18 Å². The van der Waals surface area contributed by atoms with Crippen LogP contribution < -0.4 is 15.8 Å². The van der Waals surface area contributed by atoms with Crippen molar-refractivity contribution in [2.45, 2.75) is 38.4 Å². The zero-order valence-corrected chi connectivity index (χ0v) is 17.6. The van der Waals surface area contributed by atoms with Crippen molar-refractivity contribution in [2.75, 3.05) is 25.0 Å². The van der Waals surface area contributed by atoms with E-state index >= 15 is 0 Å². The van der Waals surface area contributed by atoms with E-state index in [1.165, 1.54) is 13.1 Å². The van der Waals surface area contributed by atoms with E-state index in [9.17, 15) is 14.0 Å². The molecule has 4 heterocycles. The van der Waals surface area contributed by atoms with E-state index in [1.807, 2.05) is 23.6 Å². The molecular formula is C22H25FN6O2. The van der Waals surface area contributed by atoms with Gasteiger partial charge in [0, 0.05) is 62.8 Å². The lowest BCUT2D eigenvalue weighted by molar-refractivity contribution is 0.0953. The first kappa shape index (κ1) is 19.7. The van der Waals surface area contributed by atoms with E-state index in [0.29, 0.717) is 18.5 Å². The summed E-state index contributed by atoms with van der Waals surface area (Å²) >= 11 is 0. The number of amides is 1. The number of aryl methyl sites for hydroxylation is 1. The predicted octanol–water partition coefficient (Wildman–Crippen LogP) is 1.55. The first-order chi connectivity index (χ1) is 15.0. The molecule has 2 fully saturated rings. The number of H-pyrrole nitrogens is 1. The lowest BCUT2D eigenvalue weighted by Gasteiger charge is -2.35. The summed E-state index contributed by atoms with van der Waals surface area (Å²) in [6.45, 7) is 4.40. The third-order valence-corrected chi connectivity index (χ3v) is 6.32. The molecule has 0 aromatic carbocycles. The molecule has 1 aliphatic heterocycles. The van der Waals surface area contributed by atoms with E-state index in [4.69, 9.17) is 0 Å². The van der Waals surface area contributed by atoms with Gasteiger partial charge in [-0.1, -0.05) is 6.92 Å². The van der Waals surface area contributed by atoms with Crippen molar-refractivity contribution in [1.82, 2.24) is 24.6 Å². The van der Waals surface area contributed by atoms with Gasteiger partial charge in [-0.15, -0.1) is 0 Å². The Hall–Kier alpha value is -3.20. The molecule has 1 aliphatic carbocycles. The van der Waals surface area contributed by atoms with Crippen molar-refractivity contribution in [3.05, 3.63) is 63.7 Å². The maximum absolute atomic E-state index is 14.3. The Kier molecular flexibility index (Phi) is 4.77. The normalized spacial score (nSPS) is 20.7. The molecular weight excluding hydrogens is 399 g/mol. The van der Waals surface area contributed by atoms with E-state index in [0.717, 1.165) is 48.5 Å². The molecule has 1 saturated heterocycles. The number of carbonyl (C=O) groups excluding carboxylic acids is 1. The molecule has 1 amide bonds. The van der Waals surface area contributed by atoms with Crippen LogP contribution in [-0.4, -0.2) is 57.4 Å². The Labute approximate surface area is 178 Å². The molecule has 0 spiro atoms. The summed E-state index contributed by atoms with van der Waals surface area (Å²) in [5.74, 6) is -1.12. The van der Waals surface area contributed by atoms with Gasteiger partial charge in [0.1, 0.15) is 5.65 Å². The summed E-state index contributed by atoms with van der Waals surface area (Å²) in [6, 6.07) is 4.17. The SMILES string of the molecule is CCc1cn2cc(CN3CCN(c4cnc(C(=O)NC)c(F)c4)C4CC43)cc2[nH]c1=O. The molecule has 0 bridgehead atoms. The number of fused-ring (bicyclic) bond motifs is 2. The third kappa shape index (κ3) is 3.48. The van der Waals surface area contributed by atoms with Crippen LogP contribution in [0.25, 0.3) is 5.65 Å². The molecule has 5 rings (SSSR count). The number of hydrogen-bond donors (Lipinski definition) is 2. The molecule has 3 aromatic rings. The molecule has 2 unspecified atom stereocenters. The summed E-state index contributed by atoms with van der Waals surface area (Å²) in [6.07, 6.45) is 7.28. The van der Waals surface area contributed by atoms with Crippen molar-refractivity contribution in [3.8, 4) is 0 Å². The first-order valence-corrected chi connectivity index (χ1v) is 10.6. The van der Waals surface area contributed by atoms with Crippen LogP contribution in [0.15, 0.2) is 35.5 Å². The van der Waals surface area contributed by atoms with Crippen LogP contribution in [0.1, 0.15) is 35.0 Å². The topological polar surface area (TPSA) is 85.7 Å². The van der Waals surface area contributed by atoms with E-state index in [-0.39, 0.29) is 11.3 Å². The maximum atomic E-state index is 14.3. The number of rotatable bonds is 5. The van der Waals surface area contributed by atoms with Gasteiger partial charge in [0.05, 0.1) is 11.9 Å². The maximum Gasteiger partial charge on any atom is 0.272 e. The molecule has 2 atom stereocenters. The van der Waals surface area contributed by atoms with Crippen LogP contribution >= 0.6 is 0 Å². The number of carbonyl (C=O) groups is 1. The number of pyridine rings is 1. The average Bonchev–Trinajstić information content (AvgIpc) is 3.47. The largest absolute Gasteiger partial charge is 0.364 e. The van der Waals surface area contributed by atoms with Gasteiger partial charge in [-0.2, -0.15) is 0 Å². The fourth-order valence-corrected chi connectivity index (χ4v) is 4.59. The van der Waals surface area contributed by atoms with Crippen molar-refractivity contribution in [3.63, 3.8) is 0 Å². The quantitative estimate of drug-likeness (QED) is 0.649. The van der Waals surface area contributed by atoms with Crippen LogP contribution in [-0.2, 0) is 13.0 Å². The molecule has 2 aliphatic rings. The molecule has 0 radical (unpaired) electrons. The van der Waals surface area contributed by atoms with Crippen LogP contribution in [0.5, 0.6) is 0 Å². The number of piperazine rings is 1. The number of anilines is 1. The number of aromatic amines is 1. The molecule has 162 valence electrons. The Bertz CT molecular complexity index is 1220. The molecule has 9 heteroatoms. The molecule has 8 nitrogen and oxygen atoms in total. The summed E-state index contributed by atoms with van der Waals surface area (Å²) in [5.41, 5.74) is 3.25. The Balaban J connectivity index is 1.29. The second kappa shape index (κ2) is 7.49. The lowest BCUT2D eigenvalue weighted by Crippen LogP contribution is -2.46. The highest BCUT2D eigenvalue weighted by molar-refractivity contribution is 5.92. The van der Waals surface area contributed by atoms with Crippen LogP contribution in [0.3, 0.4) is 0 Å². The van der Waals surface area contributed by atoms with Crippen LogP contribution in [0.2, 0.25) is 0 Å². The molecule has 31 heavy (non-hydrogen) atoms. The summed E-state index contributed by atoms with van der Waals surface area (Å²) < 4.78 is 16.3. The van der Waals surface area contributed by atoms with Gasteiger partial charge in [-0.3, -0.25) is 14.5 Å². The molecule has 3 aromatic heterocycles. The summed E-state index contributed by atoms with van der Waals surface area (Å²) in [4.78, 5) is 35.3. The fourth-order valence-electron chi connectivity index (χ4n) is 4.59. The highest BCUT2D eigenvalue weighted by Gasteiger charge is 2.49. The lowest BCUT2D eigenvalue weighted by atomic mass is 10.2. The standard InChI is InChI=1S/C22H25FN6O2/c1-3-14-12-28-11-13(6-19(28)26-21(14)30)10-27-4-5-29(18-8-17(18)27)15-7-16(23)20(25-9-15)22(31)24-2/h6-7,9,11-12,17-18H,3-5,8,10H2,1-2H3,(H,24,31)(H,26,30). The highest BCUT2D eigenvalue weighted by Crippen LogP contribution is 2.40. The minimum Gasteiger partial charge on any atom is -0.364 e. The minimum atomic E-state index is -0.600. The van der Waals surface area contributed by atoms with Crippen LogP contribution in [0, 0.1) is 5.82 Å². The predicted molar refractivity (Wildman–Crippen MR) is 115 cm³/mol. The summed E-state index contributed by atoms with van der Waals surface area (Å²) in [5, 5.41) is 2.40. The second-order valence-corrected chi connectivity index (χ2v) is 8.24. The van der Waals surface area contributed by atoms with Gasteiger partial charge in [-0.25, -0.2) is 9.37 Å². The summed E-state index contributed by atoms with van der Waals surface area (Å²) in [7, 11) is 1.46. The Morgan fingerprint density at radius 2 is 2.13 bits per heavy atom. The van der Waals surface area contributed by atoms with Crippen molar-refractivity contribution in [1.29, 1.82) is 0 Å². The van der Waals surface area contributed by atoms with Crippen LogP contribution in [0.4, 0.5) is 10.1 Å². The zero-order valence-electron chi connectivity index (χ0n) is 17.6. The number of nitrogens with zero attached hydrogens (tertiary/aromatic N) is 4. The monoisotopic (exact) mass is 424 g/mol. The molecule has 2 N–H and O–H groups in total. The van der Waals surface area contributed by atoms with Gasteiger partial charge in [-0.05, 0) is 24.5 Å². The Morgan fingerprint density at radius 3 is 2.87 bits per heavy atom. The number of nitrogens with one attached hydrogen (secondary N) is 2. The number of halogens is 1. The highest BCUT2D eigenvalue weighted by atomic mass is 19.1. The van der Waals surface area contributed by atoms with Gasteiger partial charge in [0.25, 0.3) is 11.5 Å². The second-order valence-electron chi connectivity index (χ2n) is 8.24. The Morgan fingerprint density at radius 1 is 1.29 bits per heavy atom. The van der Waals surface area contributed by atoms with Crippen molar-refractivity contribution in [2.24, 2.45) is 0 Å². The smallest absolute Gasteiger partial charge is 0.272 e. The van der Waals surface area contributed by atoms with E-state index < -0.39 is 11.7 Å². The van der Waals surface area contributed by atoms with Gasteiger partial charge in [0.15, 0.2) is 11.5 Å². The minimum absolute atomic E-state index is 0.0289. The average molecular weight is 424 g/mol. The van der Waals surface area contributed by atoms with Gasteiger partial charge >= 0.3 is 0 Å². The zero-order chi connectivity index (χ0) is 21.7. The van der Waals surface area contributed by atoms with Crippen molar-refractivity contribution >= 4 is 17.2 Å². The van der Waals surface area contributed by atoms with Gasteiger partial charge in [0.2, 0.25) is 0 Å². The third-order valence-electron chi connectivity index (χ3n) is 6.32. The first-order valence-electron chi connectivity index (χ1n) is 10.6. The van der Waals surface area contributed by atoms with Gasteiger partial charge < -0.3 is 19.6 Å². The number of aromatic nitrogens is 3. The number of hydrogen-bond acceptors (Lipinski definition) is 5. The van der Waals surface area contributed by atoms with E-state index in [1.54, 1.807) is 6.20 Å². The fraction of sp³-hybridized carbons (Fsp3) is 0.409.